The maximum atomic E-state index is 13.7. The van der Waals surface area contributed by atoms with Crippen molar-refractivity contribution in [1.29, 1.82) is 0 Å². The van der Waals surface area contributed by atoms with Gasteiger partial charge in [-0.3, -0.25) is 19.3 Å². The highest BCUT2D eigenvalue weighted by atomic mass is 32.1. The first-order valence-electron chi connectivity index (χ1n) is 10.9. The summed E-state index contributed by atoms with van der Waals surface area (Å²) in [6.45, 7) is 11.9. The van der Waals surface area contributed by atoms with Crippen molar-refractivity contribution in [2.24, 2.45) is 5.92 Å². The molecule has 6 nitrogen and oxygen atoms in total. The average molecular weight is 462 g/mol. The molecule has 2 atom stereocenters. The summed E-state index contributed by atoms with van der Waals surface area (Å²) in [6, 6.07) is 12.6. The van der Waals surface area contributed by atoms with Crippen LogP contribution in [0.3, 0.4) is 0 Å². The highest BCUT2D eigenvalue weighted by molar-refractivity contribution is 7.15. The van der Waals surface area contributed by atoms with Gasteiger partial charge in [0, 0.05) is 5.56 Å². The summed E-state index contributed by atoms with van der Waals surface area (Å²) in [6.07, 6.45) is 0. The van der Waals surface area contributed by atoms with E-state index in [2.05, 4.69) is 31.0 Å². The molecular formula is C26H27N3O3S. The number of benzene rings is 2. The van der Waals surface area contributed by atoms with Gasteiger partial charge in [-0.1, -0.05) is 74.1 Å². The van der Waals surface area contributed by atoms with Crippen molar-refractivity contribution in [3.05, 3.63) is 75.3 Å². The molecule has 0 bridgehead atoms. The second kappa shape index (κ2) is 8.30. The molecule has 7 heteroatoms. The summed E-state index contributed by atoms with van der Waals surface area (Å²) in [5, 5.41) is 9.15. The Morgan fingerprint density at radius 1 is 0.970 bits per heavy atom. The van der Waals surface area contributed by atoms with Crippen LogP contribution in [0.15, 0.2) is 42.5 Å². The van der Waals surface area contributed by atoms with E-state index < -0.39 is 23.7 Å². The molecule has 170 valence electrons. The first-order valence-corrected chi connectivity index (χ1v) is 11.7. The summed E-state index contributed by atoms with van der Waals surface area (Å²) in [7, 11) is 0. The van der Waals surface area contributed by atoms with Crippen LogP contribution in [0.25, 0.3) is 0 Å². The van der Waals surface area contributed by atoms with Gasteiger partial charge < -0.3 is 0 Å². The van der Waals surface area contributed by atoms with Gasteiger partial charge in [-0.25, -0.2) is 0 Å². The lowest BCUT2D eigenvalue weighted by Crippen LogP contribution is -2.30. The third-order valence-corrected chi connectivity index (χ3v) is 6.92. The predicted octanol–water partition coefficient (Wildman–Crippen LogP) is 4.92. The zero-order chi connectivity index (χ0) is 24.1. The zero-order valence-electron chi connectivity index (χ0n) is 19.7. The molecule has 2 unspecified atom stereocenters. The number of aromatic nitrogens is 2. The largest absolute Gasteiger partial charge is 0.297 e. The molecule has 1 fully saturated rings. The topological polar surface area (TPSA) is 80.2 Å². The highest BCUT2D eigenvalue weighted by Gasteiger charge is 2.53. The summed E-state index contributed by atoms with van der Waals surface area (Å²) < 4.78 is 0. The molecule has 1 aromatic heterocycles. The van der Waals surface area contributed by atoms with Gasteiger partial charge in [0.2, 0.25) is 10.9 Å². The monoisotopic (exact) mass is 461 g/mol. The second-order valence-corrected chi connectivity index (χ2v) is 10.8. The number of ketones is 2. The van der Waals surface area contributed by atoms with E-state index in [1.165, 1.54) is 16.2 Å². The Bertz CT molecular complexity index is 1250. The summed E-state index contributed by atoms with van der Waals surface area (Å²) in [5.41, 5.74) is 3.95. The predicted molar refractivity (Wildman–Crippen MR) is 129 cm³/mol. The Labute approximate surface area is 197 Å². The van der Waals surface area contributed by atoms with Crippen molar-refractivity contribution in [1.82, 2.24) is 10.2 Å². The van der Waals surface area contributed by atoms with Crippen LogP contribution in [0.1, 0.15) is 64.4 Å². The van der Waals surface area contributed by atoms with Crippen molar-refractivity contribution in [3.8, 4) is 0 Å². The first-order chi connectivity index (χ1) is 15.5. The van der Waals surface area contributed by atoms with Crippen molar-refractivity contribution in [2.75, 3.05) is 4.90 Å². The Morgan fingerprint density at radius 2 is 1.64 bits per heavy atom. The fourth-order valence-electron chi connectivity index (χ4n) is 4.21. The number of anilines is 1. The summed E-state index contributed by atoms with van der Waals surface area (Å²) >= 11 is 1.23. The Morgan fingerprint density at radius 3 is 2.21 bits per heavy atom. The van der Waals surface area contributed by atoms with E-state index in [-0.39, 0.29) is 11.2 Å². The number of carbonyl (C=O) groups is 3. The average Bonchev–Trinajstić information content (AvgIpc) is 3.29. The van der Waals surface area contributed by atoms with Crippen LogP contribution in [-0.2, 0) is 15.0 Å². The molecule has 1 saturated heterocycles. The molecular weight excluding hydrogens is 434 g/mol. The Kier molecular flexibility index (Phi) is 5.78. The molecule has 0 spiro atoms. The van der Waals surface area contributed by atoms with Crippen molar-refractivity contribution < 1.29 is 14.4 Å². The maximum absolute atomic E-state index is 13.7. The molecule has 1 aliphatic rings. The minimum absolute atomic E-state index is 0.0518. The van der Waals surface area contributed by atoms with Gasteiger partial charge in [-0.05, 0) is 48.9 Å². The number of Topliss-reactive ketones (excluding diaryl/α,β-unsaturated/α-hetero) is 2. The molecule has 1 aliphatic heterocycles. The van der Waals surface area contributed by atoms with Gasteiger partial charge >= 0.3 is 0 Å². The van der Waals surface area contributed by atoms with E-state index in [1.807, 2.05) is 50.2 Å². The SMILES string of the molecule is Cc1ccc(C)c(C(=O)C2C(=O)C(=O)N(c3nnc(C)s3)C2c2ccc(C(C)(C)C)cc2)c1. The Hall–Kier alpha value is -3.19. The summed E-state index contributed by atoms with van der Waals surface area (Å²) in [5.74, 6) is -2.93. The van der Waals surface area contributed by atoms with E-state index in [9.17, 15) is 14.4 Å². The van der Waals surface area contributed by atoms with E-state index in [1.54, 1.807) is 13.0 Å². The first kappa shape index (κ1) is 23.0. The Balaban J connectivity index is 1.86. The standard InChI is InChI=1S/C26H27N3O3S/c1-14-7-8-15(2)19(13-14)22(30)20-21(17-9-11-18(12-10-17)26(4,5)6)29(24(32)23(20)31)25-28-27-16(3)33-25/h7-13,20-21H,1-6H3. The van der Waals surface area contributed by atoms with Crippen LogP contribution in [0.4, 0.5) is 5.13 Å². The molecule has 0 N–H and O–H groups in total. The number of carbonyl (C=O) groups excluding carboxylic acids is 3. The van der Waals surface area contributed by atoms with Crippen LogP contribution in [0, 0.1) is 26.7 Å². The zero-order valence-corrected chi connectivity index (χ0v) is 20.5. The fourth-order valence-corrected chi connectivity index (χ4v) is 4.94. The third kappa shape index (κ3) is 4.13. The molecule has 2 aromatic carbocycles. The van der Waals surface area contributed by atoms with Crippen LogP contribution in [0.2, 0.25) is 0 Å². The number of amides is 1. The molecule has 0 aliphatic carbocycles. The fraction of sp³-hybridized carbons (Fsp3) is 0.346. The highest BCUT2D eigenvalue weighted by Crippen LogP contribution is 2.42. The van der Waals surface area contributed by atoms with Crippen LogP contribution in [0.5, 0.6) is 0 Å². The third-order valence-electron chi connectivity index (χ3n) is 6.09. The van der Waals surface area contributed by atoms with Crippen molar-refractivity contribution >= 4 is 33.9 Å². The van der Waals surface area contributed by atoms with Crippen molar-refractivity contribution in [2.45, 2.75) is 53.0 Å². The van der Waals surface area contributed by atoms with Gasteiger partial charge in [0.15, 0.2) is 5.78 Å². The number of hydrogen-bond donors (Lipinski definition) is 0. The number of aryl methyl sites for hydroxylation is 3. The minimum Gasteiger partial charge on any atom is -0.293 e. The van der Waals surface area contributed by atoms with Gasteiger partial charge in [-0.2, -0.15) is 0 Å². The molecule has 33 heavy (non-hydrogen) atoms. The second-order valence-electron chi connectivity index (χ2n) is 9.62. The molecule has 2 heterocycles. The number of nitrogens with zero attached hydrogens (tertiary/aromatic N) is 3. The summed E-state index contributed by atoms with van der Waals surface area (Å²) in [4.78, 5) is 41.5. The minimum atomic E-state index is -1.15. The lowest BCUT2D eigenvalue weighted by atomic mass is 9.82. The molecule has 1 amide bonds. The van der Waals surface area contributed by atoms with Gasteiger partial charge in [0.1, 0.15) is 10.9 Å². The van der Waals surface area contributed by atoms with Crippen LogP contribution >= 0.6 is 11.3 Å². The smallest absolute Gasteiger partial charge is 0.293 e. The van der Waals surface area contributed by atoms with Crippen LogP contribution < -0.4 is 4.90 Å². The van der Waals surface area contributed by atoms with Crippen molar-refractivity contribution in [3.63, 3.8) is 0 Å². The van der Waals surface area contributed by atoms with Gasteiger partial charge in [0.25, 0.3) is 5.91 Å². The molecule has 3 aromatic rings. The van der Waals surface area contributed by atoms with E-state index in [4.69, 9.17) is 0 Å². The van der Waals surface area contributed by atoms with Crippen LogP contribution in [-0.4, -0.2) is 27.7 Å². The number of rotatable bonds is 4. The van der Waals surface area contributed by atoms with E-state index in [0.29, 0.717) is 15.7 Å². The number of hydrogen-bond acceptors (Lipinski definition) is 6. The molecule has 4 rings (SSSR count). The van der Waals surface area contributed by atoms with E-state index >= 15 is 0 Å². The maximum Gasteiger partial charge on any atom is 0.297 e. The quantitative estimate of drug-likeness (QED) is 0.313. The molecule has 0 radical (unpaired) electrons. The van der Waals surface area contributed by atoms with E-state index in [0.717, 1.165) is 22.3 Å². The van der Waals surface area contributed by atoms with Gasteiger partial charge in [-0.15, -0.1) is 10.2 Å². The lowest BCUT2D eigenvalue weighted by Gasteiger charge is -2.26. The lowest BCUT2D eigenvalue weighted by molar-refractivity contribution is -0.135. The molecule has 0 saturated carbocycles. The normalized spacial score (nSPS) is 18.8. The van der Waals surface area contributed by atoms with Gasteiger partial charge in [0.05, 0.1) is 6.04 Å².